The maximum absolute atomic E-state index is 5.87. The van der Waals surface area contributed by atoms with Crippen molar-refractivity contribution in [3.05, 3.63) is 23.7 Å². The summed E-state index contributed by atoms with van der Waals surface area (Å²) >= 11 is 0. The van der Waals surface area contributed by atoms with E-state index in [9.17, 15) is 0 Å². The van der Waals surface area contributed by atoms with E-state index in [2.05, 4.69) is 24.2 Å². The molecule has 17 heavy (non-hydrogen) atoms. The largest absolute Gasteiger partial charge is 0.464 e. The molecule has 3 nitrogen and oxygen atoms in total. The molecule has 1 aromatic heterocycles. The SMILES string of the molecule is C#CCCNC(CN)c1ccc(C2CC2C)o1. The summed E-state index contributed by atoms with van der Waals surface area (Å²) in [6.07, 6.45) is 7.17. The van der Waals surface area contributed by atoms with Gasteiger partial charge < -0.3 is 15.5 Å². The number of rotatable bonds is 6. The molecule has 0 saturated heterocycles. The quantitative estimate of drug-likeness (QED) is 0.583. The molecule has 3 unspecified atom stereocenters. The lowest BCUT2D eigenvalue weighted by molar-refractivity contribution is 0.396. The summed E-state index contributed by atoms with van der Waals surface area (Å²) in [4.78, 5) is 0. The van der Waals surface area contributed by atoms with Gasteiger partial charge in [0.05, 0.1) is 6.04 Å². The normalized spacial score (nSPS) is 24.3. The van der Waals surface area contributed by atoms with E-state index in [1.54, 1.807) is 0 Å². The molecular weight excluding hydrogens is 212 g/mol. The molecule has 3 heteroatoms. The molecule has 3 atom stereocenters. The Morgan fingerprint density at radius 2 is 2.41 bits per heavy atom. The minimum absolute atomic E-state index is 0.0751. The standard InChI is InChI=1S/C14H20N2O/c1-3-4-7-16-12(9-15)14-6-5-13(17-14)11-8-10(11)2/h1,5-6,10-12,16H,4,7-9,15H2,2H3. The minimum atomic E-state index is 0.0751. The van der Waals surface area contributed by atoms with Crippen LogP contribution in [0.1, 0.15) is 43.2 Å². The third kappa shape index (κ3) is 2.91. The van der Waals surface area contributed by atoms with E-state index < -0.39 is 0 Å². The van der Waals surface area contributed by atoms with Crippen LogP contribution in [0.15, 0.2) is 16.5 Å². The van der Waals surface area contributed by atoms with Crippen LogP contribution in [0, 0.1) is 18.3 Å². The summed E-state index contributed by atoms with van der Waals surface area (Å²) in [6.45, 7) is 3.55. The second-order valence-electron chi connectivity index (χ2n) is 4.76. The van der Waals surface area contributed by atoms with Gasteiger partial charge in [-0.25, -0.2) is 0 Å². The summed E-state index contributed by atoms with van der Waals surface area (Å²) in [7, 11) is 0. The summed E-state index contributed by atoms with van der Waals surface area (Å²) in [5, 5.41) is 3.31. The molecule has 3 N–H and O–H groups in total. The highest BCUT2D eigenvalue weighted by Crippen LogP contribution is 2.47. The van der Waals surface area contributed by atoms with Gasteiger partial charge in [-0.3, -0.25) is 0 Å². The van der Waals surface area contributed by atoms with Gasteiger partial charge in [-0.2, -0.15) is 0 Å². The van der Waals surface area contributed by atoms with Crippen LogP contribution in [-0.2, 0) is 0 Å². The topological polar surface area (TPSA) is 51.2 Å². The Morgan fingerprint density at radius 3 is 3.00 bits per heavy atom. The van der Waals surface area contributed by atoms with Crippen LogP contribution in [0.3, 0.4) is 0 Å². The smallest absolute Gasteiger partial charge is 0.122 e. The fourth-order valence-electron chi connectivity index (χ4n) is 2.09. The molecule has 1 heterocycles. The Balaban J connectivity index is 1.94. The average Bonchev–Trinajstić information content (AvgIpc) is 2.88. The van der Waals surface area contributed by atoms with Gasteiger partial charge >= 0.3 is 0 Å². The van der Waals surface area contributed by atoms with E-state index in [4.69, 9.17) is 16.6 Å². The van der Waals surface area contributed by atoms with Crippen molar-refractivity contribution in [3.63, 3.8) is 0 Å². The lowest BCUT2D eigenvalue weighted by Gasteiger charge is -2.13. The number of furan rings is 1. The first-order valence-electron chi connectivity index (χ1n) is 6.22. The van der Waals surface area contributed by atoms with Crippen LogP contribution >= 0.6 is 0 Å². The van der Waals surface area contributed by atoms with Crippen molar-refractivity contribution in [3.8, 4) is 12.3 Å². The maximum Gasteiger partial charge on any atom is 0.122 e. The van der Waals surface area contributed by atoms with E-state index in [1.165, 1.54) is 6.42 Å². The van der Waals surface area contributed by atoms with Crippen LogP contribution in [0.25, 0.3) is 0 Å². The molecule has 0 spiro atoms. The van der Waals surface area contributed by atoms with Crippen LogP contribution in [0.4, 0.5) is 0 Å². The predicted octanol–water partition coefficient (Wildman–Crippen LogP) is 2.02. The summed E-state index contributed by atoms with van der Waals surface area (Å²) < 4.78 is 5.87. The van der Waals surface area contributed by atoms with Crippen LogP contribution in [0.2, 0.25) is 0 Å². The molecule has 1 aromatic rings. The molecule has 0 bridgehead atoms. The van der Waals surface area contributed by atoms with E-state index in [-0.39, 0.29) is 6.04 Å². The molecule has 1 fully saturated rings. The molecular formula is C14H20N2O. The Kier molecular flexibility index (Phi) is 3.88. The first kappa shape index (κ1) is 12.2. The van der Waals surface area contributed by atoms with Crippen molar-refractivity contribution < 1.29 is 4.42 Å². The molecule has 0 radical (unpaired) electrons. The van der Waals surface area contributed by atoms with Crippen LogP contribution < -0.4 is 11.1 Å². The van der Waals surface area contributed by atoms with Gasteiger partial charge in [-0.05, 0) is 24.5 Å². The van der Waals surface area contributed by atoms with Crippen molar-refractivity contribution in [2.45, 2.75) is 31.7 Å². The molecule has 0 aliphatic heterocycles. The lowest BCUT2D eigenvalue weighted by Crippen LogP contribution is -2.28. The van der Waals surface area contributed by atoms with E-state index in [1.807, 2.05) is 6.07 Å². The zero-order valence-electron chi connectivity index (χ0n) is 10.3. The van der Waals surface area contributed by atoms with Crippen molar-refractivity contribution >= 4 is 0 Å². The predicted molar refractivity (Wildman–Crippen MR) is 68.5 cm³/mol. The second-order valence-corrected chi connectivity index (χ2v) is 4.76. The second kappa shape index (κ2) is 5.39. The highest BCUT2D eigenvalue weighted by Gasteiger charge is 2.36. The number of terminal acetylenes is 1. The number of hydrogen-bond donors (Lipinski definition) is 2. The Hall–Kier alpha value is -1.24. The fourth-order valence-corrected chi connectivity index (χ4v) is 2.09. The Labute approximate surface area is 103 Å². The first-order chi connectivity index (χ1) is 8.26. The van der Waals surface area contributed by atoms with Gasteiger partial charge in [0.1, 0.15) is 11.5 Å². The van der Waals surface area contributed by atoms with Gasteiger partial charge in [-0.15, -0.1) is 12.3 Å². The zero-order valence-corrected chi connectivity index (χ0v) is 10.3. The number of nitrogens with one attached hydrogen (secondary N) is 1. The third-order valence-electron chi connectivity index (χ3n) is 3.36. The molecule has 1 aliphatic rings. The summed E-state index contributed by atoms with van der Waals surface area (Å²) in [5.41, 5.74) is 5.74. The molecule has 1 saturated carbocycles. The molecule has 1 aliphatic carbocycles. The molecule has 0 aromatic carbocycles. The van der Waals surface area contributed by atoms with Crippen molar-refractivity contribution in [2.75, 3.05) is 13.1 Å². The average molecular weight is 232 g/mol. The number of nitrogens with two attached hydrogens (primary N) is 1. The van der Waals surface area contributed by atoms with E-state index in [0.717, 1.165) is 24.0 Å². The van der Waals surface area contributed by atoms with Gasteiger partial charge in [0, 0.05) is 25.4 Å². The molecule has 0 amide bonds. The summed E-state index contributed by atoms with van der Waals surface area (Å²) in [6, 6.07) is 4.18. The van der Waals surface area contributed by atoms with Crippen molar-refractivity contribution in [1.82, 2.24) is 5.32 Å². The van der Waals surface area contributed by atoms with Crippen LogP contribution in [0.5, 0.6) is 0 Å². The lowest BCUT2D eigenvalue weighted by atomic mass is 10.2. The Bertz CT molecular complexity index is 405. The van der Waals surface area contributed by atoms with Gasteiger partial charge in [-0.1, -0.05) is 6.92 Å². The van der Waals surface area contributed by atoms with Gasteiger partial charge in [0.25, 0.3) is 0 Å². The van der Waals surface area contributed by atoms with E-state index in [0.29, 0.717) is 18.9 Å². The van der Waals surface area contributed by atoms with Crippen molar-refractivity contribution in [1.29, 1.82) is 0 Å². The monoisotopic (exact) mass is 232 g/mol. The van der Waals surface area contributed by atoms with Gasteiger partial charge in [0.2, 0.25) is 0 Å². The zero-order chi connectivity index (χ0) is 12.3. The van der Waals surface area contributed by atoms with Gasteiger partial charge in [0.15, 0.2) is 0 Å². The molecule has 2 rings (SSSR count). The van der Waals surface area contributed by atoms with E-state index >= 15 is 0 Å². The highest BCUT2D eigenvalue weighted by molar-refractivity contribution is 5.19. The Morgan fingerprint density at radius 1 is 1.65 bits per heavy atom. The highest BCUT2D eigenvalue weighted by atomic mass is 16.3. The molecule has 92 valence electrons. The first-order valence-corrected chi connectivity index (χ1v) is 6.22. The third-order valence-corrected chi connectivity index (χ3v) is 3.36. The maximum atomic E-state index is 5.87. The fraction of sp³-hybridized carbons (Fsp3) is 0.571. The summed E-state index contributed by atoms with van der Waals surface area (Å²) in [5.74, 6) is 6.02. The van der Waals surface area contributed by atoms with Crippen LogP contribution in [-0.4, -0.2) is 13.1 Å². The minimum Gasteiger partial charge on any atom is -0.464 e. The number of hydrogen-bond acceptors (Lipinski definition) is 3. The van der Waals surface area contributed by atoms with Crippen molar-refractivity contribution in [2.24, 2.45) is 11.7 Å².